The minimum Gasteiger partial charge on any atom is -0.285 e. The van der Waals surface area contributed by atoms with Crippen LogP contribution >= 0.6 is 11.3 Å². The zero-order valence-corrected chi connectivity index (χ0v) is 8.73. The van der Waals surface area contributed by atoms with Crippen LogP contribution in [-0.2, 0) is 12.8 Å². The van der Waals surface area contributed by atoms with Gasteiger partial charge in [-0.1, -0.05) is 0 Å². The standard InChI is InChI=1S/C11H12N2S/c1-2-4-11-9(3-1)10(7-14-11)8-5-12-13-6-8/h5-7H,1-4H2,(H,12,13). The van der Waals surface area contributed by atoms with Crippen molar-refractivity contribution < 1.29 is 0 Å². The van der Waals surface area contributed by atoms with Crippen LogP contribution in [0.2, 0.25) is 0 Å². The van der Waals surface area contributed by atoms with Crippen molar-refractivity contribution in [3.8, 4) is 11.1 Å². The SMILES string of the molecule is c1n[nH]cc1-c1csc2c1CCCC2. The third-order valence-electron chi connectivity index (χ3n) is 2.87. The molecule has 0 atom stereocenters. The maximum atomic E-state index is 4.01. The minimum absolute atomic E-state index is 1.24. The average molecular weight is 204 g/mol. The van der Waals surface area contributed by atoms with E-state index in [2.05, 4.69) is 15.6 Å². The average Bonchev–Trinajstić information content (AvgIpc) is 2.85. The van der Waals surface area contributed by atoms with Crippen LogP contribution in [-0.4, -0.2) is 10.2 Å². The summed E-state index contributed by atoms with van der Waals surface area (Å²) in [6, 6.07) is 0. The molecule has 2 aromatic heterocycles. The molecule has 0 fully saturated rings. The van der Waals surface area contributed by atoms with Gasteiger partial charge in [0.1, 0.15) is 0 Å². The number of hydrogen-bond donors (Lipinski definition) is 1. The van der Waals surface area contributed by atoms with Gasteiger partial charge in [0.05, 0.1) is 6.20 Å². The van der Waals surface area contributed by atoms with Crippen molar-refractivity contribution in [2.24, 2.45) is 0 Å². The molecule has 0 aliphatic heterocycles. The molecule has 0 bridgehead atoms. The summed E-state index contributed by atoms with van der Waals surface area (Å²) in [6.45, 7) is 0. The van der Waals surface area contributed by atoms with Gasteiger partial charge in [0.25, 0.3) is 0 Å². The molecule has 0 saturated carbocycles. The van der Waals surface area contributed by atoms with Gasteiger partial charge in [0.15, 0.2) is 0 Å². The van der Waals surface area contributed by atoms with Gasteiger partial charge in [-0.25, -0.2) is 0 Å². The molecular formula is C11H12N2S. The number of hydrogen-bond acceptors (Lipinski definition) is 2. The molecule has 0 radical (unpaired) electrons. The van der Waals surface area contributed by atoms with Gasteiger partial charge in [0.2, 0.25) is 0 Å². The fourth-order valence-electron chi connectivity index (χ4n) is 2.13. The first kappa shape index (κ1) is 8.24. The number of fused-ring (bicyclic) bond motifs is 1. The number of aromatic amines is 1. The predicted molar refractivity (Wildman–Crippen MR) is 58.5 cm³/mol. The van der Waals surface area contributed by atoms with E-state index >= 15 is 0 Å². The molecule has 1 aliphatic rings. The topological polar surface area (TPSA) is 28.7 Å². The molecule has 2 heterocycles. The molecule has 0 amide bonds. The lowest BCUT2D eigenvalue weighted by molar-refractivity contribution is 0.698. The summed E-state index contributed by atoms with van der Waals surface area (Å²) in [6.07, 6.45) is 9.12. The molecule has 0 saturated heterocycles. The zero-order valence-electron chi connectivity index (χ0n) is 7.92. The Balaban J connectivity index is 2.11. The molecule has 0 spiro atoms. The number of thiophene rings is 1. The Morgan fingerprint density at radius 2 is 2.21 bits per heavy atom. The van der Waals surface area contributed by atoms with Gasteiger partial charge in [0, 0.05) is 16.6 Å². The van der Waals surface area contributed by atoms with Gasteiger partial charge < -0.3 is 0 Å². The quantitative estimate of drug-likeness (QED) is 0.760. The van der Waals surface area contributed by atoms with Crippen LogP contribution in [0, 0.1) is 0 Å². The van der Waals surface area contributed by atoms with E-state index in [9.17, 15) is 0 Å². The maximum absolute atomic E-state index is 4.01. The van der Waals surface area contributed by atoms with Crippen LogP contribution in [0.4, 0.5) is 0 Å². The van der Waals surface area contributed by atoms with E-state index in [0.29, 0.717) is 0 Å². The Labute approximate surface area is 87.0 Å². The highest BCUT2D eigenvalue weighted by Crippen LogP contribution is 2.35. The second-order valence-corrected chi connectivity index (χ2v) is 4.71. The number of aromatic nitrogens is 2. The number of nitrogens with one attached hydrogen (secondary N) is 1. The molecule has 0 unspecified atom stereocenters. The largest absolute Gasteiger partial charge is 0.285 e. The van der Waals surface area contributed by atoms with E-state index < -0.39 is 0 Å². The Hall–Kier alpha value is -1.09. The zero-order chi connectivity index (χ0) is 9.38. The lowest BCUT2D eigenvalue weighted by Gasteiger charge is -2.11. The van der Waals surface area contributed by atoms with Crippen LogP contribution in [0.15, 0.2) is 17.8 Å². The molecule has 1 N–H and O–H groups in total. The van der Waals surface area contributed by atoms with E-state index in [4.69, 9.17) is 0 Å². The summed E-state index contributed by atoms with van der Waals surface area (Å²) >= 11 is 1.91. The highest BCUT2D eigenvalue weighted by molar-refractivity contribution is 7.10. The molecule has 0 aromatic carbocycles. The van der Waals surface area contributed by atoms with Crippen LogP contribution < -0.4 is 0 Å². The molecule has 72 valence electrons. The third-order valence-corrected chi connectivity index (χ3v) is 3.96. The highest BCUT2D eigenvalue weighted by atomic mass is 32.1. The normalized spacial score (nSPS) is 15.4. The first-order valence-corrected chi connectivity index (χ1v) is 5.91. The molecule has 14 heavy (non-hydrogen) atoms. The van der Waals surface area contributed by atoms with Crippen LogP contribution in [0.25, 0.3) is 11.1 Å². The molecule has 3 rings (SSSR count). The van der Waals surface area contributed by atoms with E-state index in [-0.39, 0.29) is 0 Å². The fourth-order valence-corrected chi connectivity index (χ4v) is 3.29. The van der Waals surface area contributed by atoms with Gasteiger partial charge in [-0.2, -0.15) is 5.10 Å². The van der Waals surface area contributed by atoms with E-state index in [1.54, 1.807) is 10.4 Å². The van der Waals surface area contributed by atoms with E-state index in [0.717, 1.165) is 0 Å². The molecule has 2 nitrogen and oxygen atoms in total. The number of aryl methyl sites for hydroxylation is 1. The maximum Gasteiger partial charge on any atom is 0.0566 e. The Morgan fingerprint density at radius 1 is 1.29 bits per heavy atom. The van der Waals surface area contributed by atoms with Crippen LogP contribution in [0.5, 0.6) is 0 Å². The highest BCUT2D eigenvalue weighted by Gasteiger charge is 2.16. The van der Waals surface area contributed by atoms with Crippen LogP contribution in [0.3, 0.4) is 0 Å². The smallest absolute Gasteiger partial charge is 0.0566 e. The summed E-state index contributed by atoms with van der Waals surface area (Å²) in [7, 11) is 0. The van der Waals surface area contributed by atoms with Crippen molar-refractivity contribution in [2.45, 2.75) is 25.7 Å². The van der Waals surface area contributed by atoms with Crippen molar-refractivity contribution in [2.75, 3.05) is 0 Å². The summed E-state index contributed by atoms with van der Waals surface area (Å²) in [5.74, 6) is 0. The minimum atomic E-state index is 1.24. The number of H-pyrrole nitrogens is 1. The molecule has 1 aliphatic carbocycles. The summed E-state index contributed by atoms with van der Waals surface area (Å²) in [5.41, 5.74) is 4.21. The Bertz CT molecular complexity index is 428. The van der Waals surface area contributed by atoms with Crippen molar-refractivity contribution >= 4 is 11.3 Å². The monoisotopic (exact) mass is 204 g/mol. The fraction of sp³-hybridized carbons (Fsp3) is 0.364. The first-order valence-electron chi connectivity index (χ1n) is 5.03. The molecule has 2 aromatic rings. The van der Waals surface area contributed by atoms with Gasteiger partial charge >= 0.3 is 0 Å². The predicted octanol–water partition coefficient (Wildman–Crippen LogP) is 3.02. The van der Waals surface area contributed by atoms with Crippen molar-refractivity contribution in [1.29, 1.82) is 0 Å². The Morgan fingerprint density at radius 3 is 3.07 bits per heavy atom. The first-order chi connectivity index (χ1) is 6.95. The number of nitrogens with zero attached hydrogens (tertiary/aromatic N) is 1. The van der Waals surface area contributed by atoms with Crippen molar-refractivity contribution in [1.82, 2.24) is 10.2 Å². The van der Waals surface area contributed by atoms with Gasteiger partial charge in [-0.15, -0.1) is 11.3 Å². The lowest BCUT2D eigenvalue weighted by atomic mass is 9.94. The summed E-state index contributed by atoms with van der Waals surface area (Å²) in [4.78, 5) is 1.59. The lowest BCUT2D eigenvalue weighted by Crippen LogP contribution is -1.98. The second-order valence-electron chi connectivity index (χ2n) is 3.75. The summed E-state index contributed by atoms with van der Waals surface area (Å²) < 4.78 is 0. The molecule has 3 heteroatoms. The van der Waals surface area contributed by atoms with Gasteiger partial charge in [-0.3, -0.25) is 5.10 Å². The second kappa shape index (κ2) is 3.24. The van der Waals surface area contributed by atoms with Gasteiger partial charge in [-0.05, 0) is 42.2 Å². The van der Waals surface area contributed by atoms with Crippen molar-refractivity contribution in [3.63, 3.8) is 0 Å². The molecular weight excluding hydrogens is 192 g/mol. The Kier molecular flexibility index (Phi) is 1.91. The number of rotatable bonds is 1. The third kappa shape index (κ3) is 1.20. The van der Waals surface area contributed by atoms with E-state index in [1.165, 1.54) is 36.8 Å². The summed E-state index contributed by atoms with van der Waals surface area (Å²) in [5, 5.41) is 9.16. The van der Waals surface area contributed by atoms with E-state index in [1.807, 2.05) is 23.7 Å². The van der Waals surface area contributed by atoms with Crippen molar-refractivity contribution in [3.05, 3.63) is 28.2 Å². The van der Waals surface area contributed by atoms with Crippen LogP contribution in [0.1, 0.15) is 23.3 Å².